The van der Waals surface area contributed by atoms with Gasteiger partial charge in [0.25, 0.3) is 0 Å². The minimum absolute atomic E-state index is 0. The molecule has 0 spiro atoms. The second kappa shape index (κ2) is 16.5. The molecule has 0 bridgehead atoms. The van der Waals surface area contributed by atoms with Gasteiger partial charge in [-0.3, -0.25) is 0 Å². The first-order valence-electron chi connectivity index (χ1n) is 11.7. The monoisotopic (exact) mass is 414 g/mol. The highest BCUT2D eigenvalue weighted by Crippen LogP contribution is 2.18. The molecule has 2 aliphatic rings. The Morgan fingerprint density at radius 2 is 1.07 bits per heavy atom. The second-order valence-electron chi connectivity index (χ2n) is 9.86. The molecular formula is C25H58N4. The first-order valence-corrected chi connectivity index (χ1v) is 11.7. The van der Waals surface area contributed by atoms with E-state index in [1.807, 2.05) is 0 Å². The predicted molar refractivity (Wildman–Crippen MR) is 134 cm³/mol. The average molecular weight is 415 g/mol. The number of hydrogen-bond donors (Lipinski definition) is 2. The number of hydrogen-bond acceptors (Lipinski definition) is 4. The Labute approximate surface area is 185 Å². The summed E-state index contributed by atoms with van der Waals surface area (Å²) < 4.78 is 0. The average Bonchev–Trinajstić information content (AvgIpc) is 2.61. The van der Waals surface area contributed by atoms with E-state index in [-0.39, 0.29) is 14.9 Å². The van der Waals surface area contributed by atoms with Crippen LogP contribution in [0, 0.1) is 5.92 Å². The molecule has 0 aromatic rings. The van der Waals surface area contributed by atoms with Crippen LogP contribution in [0.1, 0.15) is 95.9 Å². The van der Waals surface area contributed by atoms with Crippen LogP contribution in [0.3, 0.4) is 0 Å². The van der Waals surface area contributed by atoms with Gasteiger partial charge in [0, 0.05) is 30.2 Å². The second-order valence-corrected chi connectivity index (χ2v) is 9.86. The zero-order valence-corrected chi connectivity index (χ0v) is 19.7. The van der Waals surface area contributed by atoms with Crippen molar-refractivity contribution in [1.29, 1.82) is 0 Å². The highest BCUT2D eigenvalue weighted by molar-refractivity contribution is 4.79. The number of rotatable bonds is 7. The molecule has 2 saturated heterocycles. The number of piperidine rings is 2. The maximum Gasteiger partial charge on any atom is 0.00937 e. The molecule has 2 aliphatic heterocycles. The first-order chi connectivity index (χ1) is 12.7. The zero-order valence-electron chi connectivity index (χ0n) is 19.7. The summed E-state index contributed by atoms with van der Waals surface area (Å²) >= 11 is 0. The van der Waals surface area contributed by atoms with Gasteiger partial charge in [-0.15, -0.1) is 0 Å². The Bertz CT molecular complexity index is 352. The zero-order chi connectivity index (χ0) is 20.4. The molecule has 0 saturated carbocycles. The van der Waals surface area contributed by atoms with Crippen molar-refractivity contribution in [2.45, 2.75) is 126 Å². The van der Waals surface area contributed by atoms with Gasteiger partial charge in [0.15, 0.2) is 0 Å². The van der Waals surface area contributed by atoms with E-state index in [1.165, 1.54) is 58.4 Å². The van der Waals surface area contributed by atoms with Gasteiger partial charge in [-0.05, 0) is 92.0 Å². The lowest BCUT2D eigenvalue weighted by molar-refractivity contribution is 0.147. The van der Waals surface area contributed by atoms with Crippen molar-refractivity contribution in [3.05, 3.63) is 0 Å². The summed E-state index contributed by atoms with van der Waals surface area (Å²) in [5.41, 5.74) is 0. The maximum absolute atomic E-state index is 3.61. The molecule has 2 rings (SSSR count). The Morgan fingerprint density at radius 1 is 0.655 bits per heavy atom. The van der Waals surface area contributed by atoms with E-state index in [0.717, 1.165) is 24.0 Å². The van der Waals surface area contributed by atoms with Crippen LogP contribution < -0.4 is 10.6 Å². The molecule has 4 heteroatoms. The number of nitrogens with one attached hydrogen (secondary N) is 2. The topological polar surface area (TPSA) is 30.5 Å². The fraction of sp³-hybridized carbons (Fsp3) is 1.00. The van der Waals surface area contributed by atoms with Gasteiger partial charge in [-0.2, -0.15) is 0 Å². The molecule has 178 valence electrons. The van der Waals surface area contributed by atoms with Gasteiger partial charge in [0.2, 0.25) is 0 Å². The lowest BCUT2D eigenvalue weighted by Crippen LogP contribution is -2.46. The predicted octanol–water partition coefficient (Wildman–Crippen LogP) is 5.23. The summed E-state index contributed by atoms with van der Waals surface area (Å²) in [6.07, 6.45) is 5.38. The van der Waals surface area contributed by atoms with E-state index in [9.17, 15) is 0 Å². The largest absolute Gasteiger partial charge is 0.314 e. The van der Waals surface area contributed by atoms with Crippen LogP contribution in [0.4, 0.5) is 0 Å². The van der Waals surface area contributed by atoms with E-state index in [0.29, 0.717) is 12.1 Å². The normalized spacial score (nSPS) is 19.9. The Morgan fingerprint density at radius 3 is 1.41 bits per heavy atom. The minimum Gasteiger partial charge on any atom is -0.314 e. The summed E-state index contributed by atoms with van der Waals surface area (Å²) in [5.74, 6) is 0.910. The molecule has 0 aromatic heterocycles. The fourth-order valence-corrected chi connectivity index (χ4v) is 4.13. The van der Waals surface area contributed by atoms with Crippen molar-refractivity contribution in [2.24, 2.45) is 5.92 Å². The van der Waals surface area contributed by atoms with Crippen LogP contribution >= 0.6 is 0 Å². The van der Waals surface area contributed by atoms with E-state index in [2.05, 4.69) is 75.8 Å². The van der Waals surface area contributed by atoms with Gasteiger partial charge in [0.1, 0.15) is 0 Å². The van der Waals surface area contributed by atoms with Crippen molar-refractivity contribution in [2.75, 3.05) is 32.7 Å². The van der Waals surface area contributed by atoms with Gasteiger partial charge < -0.3 is 20.4 Å². The molecule has 2 N–H and O–H groups in total. The molecule has 2 fully saturated rings. The van der Waals surface area contributed by atoms with Crippen LogP contribution in [0.15, 0.2) is 0 Å². The van der Waals surface area contributed by atoms with Crippen LogP contribution in [-0.2, 0) is 0 Å². The molecule has 0 aromatic carbocycles. The third kappa shape index (κ3) is 13.7. The van der Waals surface area contributed by atoms with Gasteiger partial charge in [-0.25, -0.2) is 0 Å². The van der Waals surface area contributed by atoms with Crippen molar-refractivity contribution < 1.29 is 0 Å². The van der Waals surface area contributed by atoms with Crippen LogP contribution in [-0.4, -0.2) is 72.7 Å². The van der Waals surface area contributed by atoms with E-state index < -0.39 is 0 Å². The number of nitrogens with zero attached hydrogens (tertiary/aromatic N) is 2. The van der Waals surface area contributed by atoms with Crippen LogP contribution in [0.2, 0.25) is 0 Å². The van der Waals surface area contributed by atoms with Crippen molar-refractivity contribution >= 4 is 0 Å². The molecule has 0 aliphatic carbocycles. The summed E-state index contributed by atoms with van der Waals surface area (Å²) in [4.78, 5) is 5.16. The summed E-state index contributed by atoms with van der Waals surface area (Å²) in [6.45, 7) is 24.4. The Hall–Kier alpha value is -0.160. The van der Waals surface area contributed by atoms with E-state index in [1.54, 1.807) is 0 Å². The van der Waals surface area contributed by atoms with Crippen LogP contribution in [0.25, 0.3) is 0 Å². The molecule has 0 atom stereocenters. The van der Waals surface area contributed by atoms with E-state index in [4.69, 9.17) is 0 Å². The third-order valence-corrected chi connectivity index (χ3v) is 6.02. The minimum atomic E-state index is 0. The Balaban J connectivity index is 0. The molecule has 2 heterocycles. The Kier molecular flexibility index (Phi) is 17.7. The summed E-state index contributed by atoms with van der Waals surface area (Å²) in [5, 5.41) is 7.16. The maximum atomic E-state index is 3.61. The quantitative estimate of drug-likeness (QED) is 0.597. The fourth-order valence-electron chi connectivity index (χ4n) is 4.13. The van der Waals surface area contributed by atoms with Crippen molar-refractivity contribution in [1.82, 2.24) is 20.4 Å². The lowest BCUT2D eigenvalue weighted by Gasteiger charge is -2.35. The standard InChI is InChI=1S/C12H26N2.C11H24N2.2CH4/c1-10(2)13-9-12-5-7-14(8-6-12)11(3)4;1-9(2)12-11-5-7-13(8-6-11)10(3)4;;/h10-13H,5-9H2,1-4H3;9-12H,5-8H2,1-4H3;2*1H4. The number of likely N-dealkylation sites (tertiary alicyclic amines) is 2. The van der Waals surface area contributed by atoms with Gasteiger partial charge in [-0.1, -0.05) is 42.5 Å². The highest BCUT2D eigenvalue weighted by atomic mass is 15.2. The van der Waals surface area contributed by atoms with Crippen molar-refractivity contribution in [3.8, 4) is 0 Å². The third-order valence-electron chi connectivity index (χ3n) is 6.02. The molecule has 0 radical (unpaired) electrons. The van der Waals surface area contributed by atoms with Gasteiger partial charge in [0.05, 0.1) is 0 Å². The van der Waals surface area contributed by atoms with Crippen molar-refractivity contribution in [3.63, 3.8) is 0 Å². The molecular weight excluding hydrogens is 356 g/mol. The molecule has 4 nitrogen and oxygen atoms in total. The molecule has 0 unspecified atom stereocenters. The summed E-state index contributed by atoms with van der Waals surface area (Å²) in [7, 11) is 0. The SMILES string of the molecule is C.C.CC(C)NC1CCN(C(C)C)CC1.CC(C)NCC1CCN(C(C)C)CC1. The highest BCUT2D eigenvalue weighted by Gasteiger charge is 2.21. The molecule has 0 amide bonds. The first kappa shape index (κ1) is 31.0. The van der Waals surface area contributed by atoms with E-state index >= 15 is 0 Å². The lowest BCUT2D eigenvalue weighted by atomic mass is 9.96. The van der Waals surface area contributed by atoms with Gasteiger partial charge >= 0.3 is 0 Å². The smallest absolute Gasteiger partial charge is 0.00937 e. The summed E-state index contributed by atoms with van der Waals surface area (Å²) in [6, 6.07) is 3.48. The van der Waals surface area contributed by atoms with Crippen LogP contribution in [0.5, 0.6) is 0 Å². The molecule has 29 heavy (non-hydrogen) atoms.